The van der Waals surface area contributed by atoms with E-state index in [0.29, 0.717) is 12.8 Å². The van der Waals surface area contributed by atoms with Crippen molar-refractivity contribution in [2.24, 2.45) is 0 Å². The highest BCUT2D eigenvalue weighted by Crippen LogP contribution is 2.49. The topological polar surface area (TPSA) is 422 Å². The van der Waals surface area contributed by atoms with Crippen LogP contribution in [0.1, 0.15) is 219 Å². The summed E-state index contributed by atoms with van der Waals surface area (Å²) in [5.74, 6) is -0.437. The van der Waals surface area contributed by atoms with Gasteiger partial charge in [0, 0.05) is 6.42 Å². The second-order valence-electron chi connectivity index (χ2n) is 23.4. The largest absolute Gasteiger partial charge is 0.472 e. The molecular formula is C56H109NO24P2. The number of rotatable bonds is 46. The molecule has 0 aromatic heterocycles. The Morgan fingerprint density at radius 2 is 0.771 bits per heavy atom. The molecule has 0 aromatic rings. The highest BCUT2D eigenvalue weighted by atomic mass is 31.2. The van der Waals surface area contributed by atoms with E-state index in [1.165, 1.54) is 122 Å². The molecule has 21 atom stereocenters. The fourth-order valence-corrected chi connectivity index (χ4v) is 12.8. The number of phosphoric acid groups is 2. The van der Waals surface area contributed by atoms with Gasteiger partial charge in [0.05, 0.1) is 25.4 Å². The van der Waals surface area contributed by atoms with Gasteiger partial charge in [-0.15, -0.1) is 0 Å². The molecule has 0 radical (unpaired) electrons. The number of carbonyl (C=O) groups is 1. The molecule has 3 fully saturated rings. The van der Waals surface area contributed by atoms with E-state index in [1.807, 2.05) is 0 Å². The summed E-state index contributed by atoms with van der Waals surface area (Å²) in [6.45, 7) is 2.39. The molecule has 0 aromatic carbocycles. The molecule has 2 aliphatic carbocycles. The zero-order valence-electron chi connectivity index (χ0n) is 49.3. The molecule has 1 amide bonds. The smallest absolute Gasteiger partial charge is 0.391 e. The maximum atomic E-state index is 13.8. The third-order valence-corrected chi connectivity index (χ3v) is 18.3. The van der Waals surface area contributed by atoms with Gasteiger partial charge in [0.25, 0.3) is 0 Å². The summed E-state index contributed by atoms with van der Waals surface area (Å²) in [5, 5.41) is 140. The summed E-state index contributed by atoms with van der Waals surface area (Å²) in [7, 11) is -11.0. The van der Waals surface area contributed by atoms with Gasteiger partial charge in [-0.25, -0.2) is 9.13 Å². The lowest BCUT2D eigenvalue weighted by molar-refractivity contribution is -0.337. The Morgan fingerprint density at radius 3 is 1.20 bits per heavy atom. The van der Waals surface area contributed by atoms with E-state index < -0.39 is 151 Å². The molecular weight excluding hydrogens is 1130 g/mol. The van der Waals surface area contributed by atoms with Gasteiger partial charge in [0.2, 0.25) is 5.91 Å². The van der Waals surface area contributed by atoms with E-state index in [0.717, 1.165) is 57.8 Å². The van der Waals surface area contributed by atoms with E-state index >= 15 is 0 Å². The van der Waals surface area contributed by atoms with Crippen molar-refractivity contribution in [2.45, 2.75) is 335 Å². The monoisotopic (exact) mass is 1240 g/mol. The van der Waals surface area contributed by atoms with Gasteiger partial charge in [0.15, 0.2) is 6.29 Å². The zero-order valence-corrected chi connectivity index (χ0v) is 51.1. The third kappa shape index (κ3) is 27.8. The molecule has 1 saturated heterocycles. The average molecular weight is 1240 g/mol. The van der Waals surface area contributed by atoms with Gasteiger partial charge >= 0.3 is 15.6 Å². The summed E-state index contributed by atoms with van der Waals surface area (Å²) >= 11 is 0. The van der Waals surface area contributed by atoms with E-state index in [-0.39, 0.29) is 12.8 Å². The summed E-state index contributed by atoms with van der Waals surface area (Å²) in [6.07, 6.45) is -4.62. The Bertz CT molecular complexity index is 1780. The number of nitrogens with one attached hydrogen (secondary N) is 1. The fourth-order valence-electron chi connectivity index (χ4n) is 10.9. The molecule has 27 heteroatoms. The van der Waals surface area contributed by atoms with Crippen LogP contribution in [0.25, 0.3) is 0 Å². The molecule has 16 N–H and O–H groups in total. The quantitative estimate of drug-likeness (QED) is 0.0304. The Morgan fingerprint density at radius 1 is 0.434 bits per heavy atom. The predicted octanol–water partition coefficient (Wildman–Crippen LogP) is 3.83. The van der Waals surface area contributed by atoms with Crippen molar-refractivity contribution in [3.8, 4) is 0 Å². The lowest BCUT2D eigenvalue weighted by Crippen LogP contribution is -2.67. The van der Waals surface area contributed by atoms with E-state index in [9.17, 15) is 90.1 Å². The highest BCUT2D eigenvalue weighted by molar-refractivity contribution is 7.47. The highest BCUT2D eigenvalue weighted by Gasteiger charge is 2.56. The normalized spacial score (nSPS) is 32.7. The van der Waals surface area contributed by atoms with Crippen molar-refractivity contribution in [1.82, 2.24) is 5.32 Å². The van der Waals surface area contributed by atoms with Crippen molar-refractivity contribution < 1.29 is 118 Å². The van der Waals surface area contributed by atoms with Gasteiger partial charge in [-0.1, -0.05) is 200 Å². The van der Waals surface area contributed by atoms with Crippen LogP contribution in [0.4, 0.5) is 0 Å². The number of aliphatic hydroxyl groups is 13. The number of ether oxygens (including phenoxy) is 2. The molecule has 25 nitrogen and oxygen atoms in total. The van der Waals surface area contributed by atoms with E-state index in [1.54, 1.807) is 0 Å². The van der Waals surface area contributed by atoms with Crippen LogP contribution < -0.4 is 5.32 Å². The van der Waals surface area contributed by atoms with Crippen molar-refractivity contribution in [3.63, 3.8) is 0 Å². The van der Waals surface area contributed by atoms with Crippen LogP contribution in [0.15, 0.2) is 0 Å². The molecule has 3 rings (SSSR count). The van der Waals surface area contributed by atoms with Crippen LogP contribution in [0, 0.1) is 0 Å². The fraction of sp³-hybridized carbons (Fsp3) is 0.982. The minimum absolute atomic E-state index is 0.108. The first-order valence-corrected chi connectivity index (χ1v) is 34.2. The average Bonchev–Trinajstić information content (AvgIpc) is 2.74. The zero-order chi connectivity index (χ0) is 61.5. The third-order valence-electron chi connectivity index (χ3n) is 16.3. The summed E-state index contributed by atoms with van der Waals surface area (Å²) < 4.78 is 57.9. The maximum Gasteiger partial charge on any atom is 0.472 e. The van der Waals surface area contributed by atoms with Gasteiger partial charge in [-0.05, 0) is 12.8 Å². The van der Waals surface area contributed by atoms with Crippen molar-refractivity contribution in [1.29, 1.82) is 0 Å². The first-order chi connectivity index (χ1) is 39.5. The molecule has 1 heterocycles. The second kappa shape index (κ2) is 41.4. The van der Waals surface area contributed by atoms with Crippen molar-refractivity contribution in [2.75, 3.05) is 13.2 Å². The van der Waals surface area contributed by atoms with Gasteiger partial charge in [-0.2, -0.15) is 0 Å². The number of aliphatic hydroxyl groups excluding tert-OH is 13. The molecule has 2 saturated carbocycles. The van der Waals surface area contributed by atoms with Crippen LogP contribution >= 0.6 is 15.6 Å². The second-order valence-corrected chi connectivity index (χ2v) is 26.2. The Balaban J connectivity index is 1.61. The SMILES string of the molecule is CCCCCCCCCCCCCCCCCCCC(=O)N[C@@H](COP(=O)(O)O[C@H]1C(O)C(O)C(O)[C@@H](O)C1O[C@H]1O[C@H](COP(=O)(O)OC2C(O)C(O)C(O)[C@@H](O)C2O)[C@@H](O)C(O)C1O)[C@H](O)CCCCCCCCCCCCCCC. The predicted molar refractivity (Wildman–Crippen MR) is 304 cm³/mol. The Labute approximate surface area is 491 Å². The first kappa shape index (κ1) is 76.3. The Kier molecular flexibility index (Phi) is 38.1. The lowest BCUT2D eigenvalue weighted by atomic mass is 9.84. The Hall–Kier alpha value is -0.910. The summed E-state index contributed by atoms with van der Waals surface area (Å²) in [4.78, 5) is 34.8. The number of phosphoric ester groups is 2. The van der Waals surface area contributed by atoms with E-state index in [4.69, 9.17) is 27.6 Å². The lowest BCUT2D eigenvalue weighted by Gasteiger charge is -2.47. The van der Waals surface area contributed by atoms with Crippen LogP contribution in [0.5, 0.6) is 0 Å². The molecule has 0 bridgehead atoms. The van der Waals surface area contributed by atoms with Gasteiger partial charge in [-0.3, -0.25) is 22.9 Å². The molecule has 13 unspecified atom stereocenters. The first-order valence-electron chi connectivity index (χ1n) is 31.2. The molecule has 492 valence electrons. The van der Waals surface area contributed by atoms with Crippen molar-refractivity contribution >= 4 is 21.6 Å². The van der Waals surface area contributed by atoms with Crippen LogP contribution in [-0.2, 0) is 41.5 Å². The minimum atomic E-state index is -5.50. The van der Waals surface area contributed by atoms with Crippen molar-refractivity contribution in [3.05, 3.63) is 0 Å². The molecule has 83 heavy (non-hydrogen) atoms. The number of carbonyl (C=O) groups excluding carboxylic acids is 1. The van der Waals surface area contributed by atoms with Crippen LogP contribution in [-0.4, -0.2) is 211 Å². The summed E-state index contributed by atoms with van der Waals surface area (Å²) in [6, 6.07) is -1.24. The summed E-state index contributed by atoms with van der Waals surface area (Å²) in [5.41, 5.74) is 0. The number of hydrogen-bond acceptors (Lipinski definition) is 22. The molecule has 0 spiro atoms. The molecule has 1 aliphatic heterocycles. The standard InChI is InChI=1S/C56H109NO24P2/c1-3-5-7-9-11-13-15-17-18-19-20-22-24-26-28-30-32-34-40(59)57-37(38(58)33-31-29-27-25-23-21-16-14-12-10-8-6-4-2)35-76-82(72,73)81-55-51(70)47(66)46(65)50(69)54(55)79-56-52(71)42(61)41(60)39(78-56)36-77-83(74,75)80-53-48(67)44(63)43(62)45(64)49(53)68/h37-39,41-56,58,60-71H,3-36H2,1-2H3,(H,57,59)(H,72,73)(H,74,75)/t37-,38+,39+,41+,42?,43?,44+,45?,46?,47?,48?,49?,50+,51?,52?,53?,54?,55-,56+/m0/s1. The van der Waals surface area contributed by atoms with Crippen LogP contribution in [0.3, 0.4) is 0 Å². The van der Waals surface area contributed by atoms with E-state index in [2.05, 4.69) is 19.2 Å². The number of unbranched alkanes of at least 4 members (excludes halogenated alkanes) is 28. The number of amides is 1. The molecule has 3 aliphatic rings. The number of hydrogen-bond donors (Lipinski definition) is 16. The van der Waals surface area contributed by atoms with Crippen LogP contribution in [0.2, 0.25) is 0 Å². The van der Waals surface area contributed by atoms with Gasteiger partial charge < -0.3 is 91.0 Å². The minimum Gasteiger partial charge on any atom is -0.391 e. The van der Waals surface area contributed by atoms with Gasteiger partial charge in [0.1, 0.15) is 97.7 Å². The maximum absolute atomic E-state index is 13.8.